The molecule has 1 aromatic rings. The molecule has 0 bridgehead atoms. The number of nitriles is 1. The van der Waals surface area contributed by atoms with Crippen LogP contribution < -0.4 is 4.72 Å². The Morgan fingerprint density at radius 1 is 1.33 bits per heavy atom. The first-order valence-electron chi connectivity index (χ1n) is 7.51. The van der Waals surface area contributed by atoms with Gasteiger partial charge < -0.3 is 0 Å². The van der Waals surface area contributed by atoms with Crippen LogP contribution in [0.5, 0.6) is 0 Å². The highest BCUT2D eigenvalue weighted by molar-refractivity contribution is 7.89. The quantitative estimate of drug-likeness (QED) is 0.909. The monoisotopic (exact) mass is 306 g/mol. The lowest BCUT2D eigenvalue weighted by Gasteiger charge is -2.26. The summed E-state index contributed by atoms with van der Waals surface area (Å²) in [5.41, 5.74) is 0.191. The van der Waals surface area contributed by atoms with Crippen LogP contribution in [0.2, 0.25) is 0 Å². The molecule has 1 aliphatic rings. The van der Waals surface area contributed by atoms with Crippen molar-refractivity contribution in [2.45, 2.75) is 43.9 Å². The van der Waals surface area contributed by atoms with Crippen LogP contribution in [0.3, 0.4) is 0 Å². The topological polar surface area (TPSA) is 70.0 Å². The van der Waals surface area contributed by atoms with E-state index >= 15 is 0 Å². The first kappa shape index (κ1) is 16.0. The molecule has 1 fully saturated rings. The summed E-state index contributed by atoms with van der Waals surface area (Å²) in [6, 6.07) is 8.23. The Balaban J connectivity index is 1.94. The Labute approximate surface area is 127 Å². The maximum absolute atomic E-state index is 12.3. The third kappa shape index (κ3) is 4.29. The molecule has 0 saturated heterocycles. The molecule has 0 aromatic heterocycles. The van der Waals surface area contributed by atoms with Crippen LogP contribution in [0.25, 0.3) is 0 Å². The fourth-order valence-electron chi connectivity index (χ4n) is 3.09. The van der Waals surface area contributed by atoms with E-state index in [4.69, 9.17) is 5.26 Å². The highest BCUT2D eigenvalue weighted by atomic mass is 32.2. The molecule has 2 atom stereocenters. The maximum Gasteiger partial charge on any atom is 0.241 e. The van der Waals surface area contributed by atoms with E-state index in [0.29, 0.717) is 12.5 Å². The van der Waals surface area contributed by atoms with Gasteiger partial charge in [0.2, 0.25) is 10.0 Å². The van der Waals surface area contributed by atoms with Gasteiger partial charge in [-0.25, -0.2) is 13.1 Å². The van der Waals surface area contributed by atoms with Crippen molar-refractivity contribution in [2.24, 2.45) is 11.8 Å². The molecule has 0 spiro atoms. The van der Waals surface area contributed by atoms with Gasteiger partial charge in [-0.3, -0.25) is 0 Å². The van der Waals surface area contributed by atoms with Crippen molar-refractivity contribution in [3.8, 4) is 6.07 Å². The first-order chi connectivity index (χ1) is 10.0. The molecule has 1 aliphatic carbocycles. The second kappa shape index (κ2) is 7.06. The number of hydrogen-bond donors (Lipinski definition) is 1. The number of hydrogen-bond acceptors (Lipinski definition) is 3. The van der Waals surface area contributed by atoms with Gasteiger partial charge in [0.1, 0.15) is 6.07 Å². The zero-order valence-corrected chi connectivity index (χ0v) is 13.2. The van der Waals surface area contributed by atoms with E-state index in [1.54, 1.807) is 12.1 Å². The predicted octanol–water partition coefficient (Wildman–Crippen LogP) is 3.05. The molecule has 2 rings (SSSR count). The molecule has 2 unspecified atom stereocenters. The minimum atomic E-state index is -3.59. The van der Waals surface area contributed by atoms with Gasteiger partial charge in [0.15, 0.2) is 0 Å². The van der Waals surface area contributed by atoms with Crippen molar-refractivity contribution < 1.29 is 8.42 Å². The maximum atomic E-state index is 12.3. The number of benzene rings is 1. The van der Waals surface area contributed by atoms with Gasteiger partial charge in [-0.1, -0.05) is 38.3 Å². The molecule has 1 saturated carbocycles. The standard InChI is InChI=1S/C16H22N2O2S/c1-13-5-4-6-14(11-13)9-10-18-21(19,20)16-8-3-2-7-15(16)12-17/h2-3,7-8,13-14,18H,4-6,9-11H2,1H3. The summed E-state index contributed by atoms with van der Waals surface area (Å²) >= 11 is 0. The first-order valence-corrected chi connectivity index (χ1v) is 9.00. The predicted molar refractivity (Wildman–Crippen MR) is 82.1 cm³/mol. The zero-order valence-electron chi connectivity index (χ0n) is 12.4. The largest absolute Gasteiger partial charge is 0.241 e. The summed E-state index contributed by atoms with van der Waals surface area (Å²) in [6.07, 6.45) is 5.79. The van der Waals surface area contributed by atoms with Crippen molar-refractivity contribution >= 4 is 10.0 Å². The second-order valence-corrected chi connectivity index (χ2v) is 7.67. The lowest BCUT2D eigenvalue weighted by atomic mass is 9.81. The van der Waals surface area contributed by atoms with Gasteiger partial charge in [-0.2, -0.15) is 5.26 Å². The van der Waals surface area contributed by atoms with Crippen molar-refractivity contribution in [1.82, 2.24) is 4.72 Å². The van der Waals surface area contributed by atoms with Gasteiger partial charge in [0, 0.05) is 6.54 Å². The fourth-order valence-corrected chi connectivity index (χ4v) is 4.29. The molecule has 1 aromatic carbocycles. The average Bonchev–Trinajstić information content (AvgIpc) is 2.47. The van der Waals surface area contributed by atoms with Crippen LogP contribution in [0, 0.1) is 23.2 Å². The van der Waals surface area contributed by atoms with Crippen molar-refractivity contribution in [3.63, 3.8) is 0 Å². The molecule has 21 heavy (non-hydrogen) atoms. The van der Waals surface area contributed by atoms with E-state index in [2.05, 4.69) is 11.6 Å². The van der Waals surface area contributed by atoms with E-state index in [1.165, 1.54) is 37.8 Å². The van der Waals surface area contributed by atoms with Crippen LogP contribution >= 0.6 is 0 Å². The minimum Gasteiger partial charge on any atom is -0.211 e. The van der Waals surface area contributed by atoms with Crippen LogP contribution in [0.15, 0.2) is 29.2 Å². The van der Waals surface area contributed by atoms with Gasteiger partial charge in [0.25, 0.3) is 0 Å². The Morgan fingerprint density at radius 3 is 2.81 bits per heavy atom. The van der Waals surface area contributed by atoms with Crippen LogP contribution in [0.4, 0.5) is 0 Å². The molecule has 4 nitrogen and oxygen atoms in total. The zero-order chi connectivity index (χ0) is 15.3. The SMILES string of the molecule is CC1CCCC(CCNS(=O)(=O)c2ccccc2C#N)C1. The third-order valence-electron chi connectivity index (χ3n) is 4.19. The molecule has 0 heterocycles. The summed E-state index contributed by atoms with van der Waals surface area (Å²) in [5.74, 6) is 1.36. The Bertz CT molecular complexity index is 619. The second-order valence-electron chi connectivity index (χ2n) is 5.93. The highest BCUT2D eigenvalue weighted by Gasteiger charge is 2.21. The lowest BCUT2D eigenvalue weighted by Crippen LogP contribution is -2.27. The third-order valence-corrected chi connectivity index (χ3v) is 5.71. The summed E-state index contributed by atoms with van der Waals surface area (Å²) in [4.78, 5) is 0.0736. The van der Waals surface area contributed by atoms with Crippen molar-refractivity contribution in [2.75, 3.05) is 6.54 Å². The highest BCUT2D eigenvalue weighted by Crippen LogP contribution is 2.30. The van der Waals surface area contributed by atoms with E-state index in [-0.39, 0.29) is 10.5 Å². The fraction of sp³-hybridized carbons (Fsp3) is 0.562. The number of nitrogens with one attached hydrogen (secondary N) is 1. The Morgan fingerprint density at radius 2 is 2.10 bits per heavy atom. The van der Waals surface area contributed by atoms with E-state index < -0.39 is 10.0 Å². The molecule has 5 heteroatoms. The van der Waals surface area contributed by atoms with E-state index in [1.807, 2.05) is 6.07 Å². The van der Waals surface area contributed by atoms with Crippen molar-refractivity contribution in [1.29, 1.82) is 5.26 Å². The Hall–Kier alpha value is -1.38. The Kier molecular flexibility index (Phi) is 5.38. The number of sulfonamides is 1. The van der Waals surface area contributed by atoms with Crippen LogP contribution in [-0.2, 0) is 10.0 Å². The van der Waals surface area contributed by atoms with Crippen LogP contribution in [0.1, 0.15) is 44.6 Å². The molecular formula is C16H22N2O2S. The lowest BCUT2D eigenvalue weighted by molar-refractivity contribution is 0.271. The normalized spacial score (nSPS) is 22.7. The molecule has 0 amide bonds. The van der Waals surface area contributed by atoms with E-state index in [9.17, 15) is 8.42 Å². The van der Waals surface area contributed by atoms with Gasteiger partial charge >= 0.3 is 0 Å². The molecule has 1 N–H and O–H groups in total. The summed E-state index contributed by atoms with van der Waals surface area (Å²) in [5, 5.41) is 9.00. The van der Waals surface area contributed by atoms with Crippen molar-refractivity contribution in [3.05, 3.63) is 29.8 Å². The average molecular weight is 306 g/mol. The van der Waals surface area contributed by atoms with Gasteiger partial charge in [0.05, 0.1) is 10.5 Å². The summed E-state index contributed by atoms with van der Waals surface area (Å²) in [6.45, 7) is 2.71. The molecule has 114 valence electrons. The van der Waals surface area contributed by atoms with Crippen LogP contribution in [-0.4, -0.2) is 15.0 Å². The van der Waals surface area contributed by atoms with Gasteiger partial charge in [-0.15, -0.1) is 0 Å². The van der Waals surface area contributed by atoms with E-state index in [0.717, 1.165) is 12.3 Å². The molecular weight excluding hydrogens is 284 g/mol. The molecule has 0 radical (unpaired) electrons. The number of rotatable bonds is 5. The summed E-state index contributed by atoms with van der Waals surface area (Å²) in [7, 11) is -3.59. The number of nitrogens with zero attached hydrogens (tertiary/aromatic N) is 1. The summed E-state index contributed by atoms with van der Waals surface area (Å²) < 4.78 is 27.1. The van der Waals surface area contributed by atoms with Gasteiger partial charge in [-0.05, 0) is 36.8 Å². The molecule has 0 aliphatic heterocycles. The minimum absolute atomic E-state index is 0.0736. The smallest absolute Gasteiger partial charge is 0.211 e.